The molecule has 1 aromatic heterocycles. The summed E-state index contributed by atoms with van der Waals surface area (Å²) in [5.74, 6) is 1.61. The summed E-state index contributed by atoms with van der Waals surface area (Å²) in [5.41, 5.74) is 0. The Hall–Kier alpha value is -1.16. The van der Waals surface area contributed by atoms with Crippen LogP contribution in [0.2, 0.25) is 0 Å². The Morgan fingerprint density at radius 2 is 2.25 bits per heavy atom. The number of anilines is 1. The molecular formula is C12H20N4. The van der Waals surface area contributed by atoms with Crippen LogP contribution in [0.4, 0.5) is 5.95 Å². The second-order valence-electron chi connectivity index (χ2n) is 4.31. The summed E-state index contributed by atoms with van der Waals surface area (Å²) in [6.07, 6.45) is 6.19. The van der Waals surface area contributed by atoms with Crippen LogP contribution in [-0.4, -0.2) is 36.1 Å². The molecule has 0 aromatic carbocycles. The Bertz CT molecular complexity index is 301. The average molecular weight is 220 g/mol. The highest BCUT2D eigenvalue weighted by molar-refractivity contribution is 5.29. The Kier molecular flexibility index (Phi) is 4.10. The number of piperidine rings is 1. The lowest BCUT2D eigenvalue weighted by atomic mass is 9.98. The van der Waals surface area contributed by atoms with E-state index < -0.39 is 0 Å². The van der Waals surface area contributed by atoms with Crippen LogP contribution in [0.15, 0.2) is 18.5 Å². The van der Waals surface area contributed by atoms with Gasteiger partial charge in [0.2, 0.25) is 5.95 Å². The first-order valence-corrected chi connectivity index (χ1v) is 6.13. The van der Waals surface area contributed by atoms with Gasteiger partial charge in [-0.2, -0.15) is 0 Å². The van der Waals surface area contributed by atoms with E-state index in [1.54, 1.807) is 0 Å². The van der Waals surface area contributed by atoms with Crippen molar-refractivity contribution in [3.63, 3.8) is 0 Å². The molecule has 1 saturated heterocycles. The van der Waals surface area contributed by atoms with Crippen LogP contribution in [0.25, 0.3) is 0 Å². The van der Waals surface area contributed by atoms with E-state index in [9.17, 15) is 0 Å². The van der Waals surface area contributed by atoms with Gasteiger partial charge in [-0.25, -0.2) is 9.97 Å². The molecule has 1 unspecified atom stereocenters. The molecule has 0 radical (unpaired) electrons. The third-order valence-electron chi connectivity index (χ3n) is 3.04. The molecule has 2 heterocycles. The molecule has 1 atom stereocenters. The zero-order valence-electron chi connectivity index (χ0n) is 9.89. The SMILES string of the molecule is CCNCC1CCCN(c2ncccn2)C1. The predicted molar refractivity (Wildman–Crippen MR) is 65.5 cm³/mol. The summed E-state index contributed by atoms with van der Waals surface area (Å²) >= 11 is 0. The Labute approximate surface area is 97.1 Å². The van der Waals surface area contributed by atoms with Crippen molar-refractivity contribution in [1.82, 2.24) is 15.3 Å². The van der Waals surface area contributed by atoms with Gasteiger partial charge in [0.05, 0.1) is 0 Å². The molecular weight excluding hydrogens is 200 g/mol. The fraction of sp³-hybridized carbons (Fsp3) is 0.667. The summed E-state index contributed by atoms with van der Waals surface area (Å²) < 4.78 is 0. The van der Waals surface area contributed by atoms with E-state index in [1.807, 2.05) is 18.5 Å². The second-order valence-corrected chi connectivity index (χ2v) is 4.31. The normalized spacial score (nSPS) is 21.1. The van der Waals surface area contributed by atoms with Crippen LogP contribution in [0, 0.1) is 5.92 Å². The molecule has 4 nitrogen and oxygen atoms in total. The molecule has 2 rings (SSSR count). The first-order valence-electron chi connectivity index (χ1n) is 6.13. The molecule has 1 fully saturated rings. The highest BCUT2D eigenvalue weighted by atomic mass is 15.2. The van der Waals surface area contributed by atoms with Crippen molar-refractivity contribution >= 4 is 5.95 Å². The number of nitrogens with one attached hydrogen (secondary N) is 1. The molecule has 88 valence electrons. The van der Waals surface area contributed by atoms with Gasteiger partial charge in [0.15, 0.2) is 0 Å². The van der Waals surface area contributed by atoms with Gasteiger partial charge in [-0.15, -0.1) is 0 Å². The summed E-state index contributed by atoms with van der Waals surface area (Å²) in [4.78, 5) is 10.9. The average Bonchev–Trinajstić information content (AvgIpc) is 2.38. The van der Waals surface area contributed by atoms with Gasteiger partial charge in [-0.1, -0.05) is 6.92 Å². The quantitative estimate of drug-likeness (QED) is 0.830. The summed E-state index contributed by atoms with van der Waals surface area (Å²) in [6.45, 7) is 6.49. The number of nitrogens with zero attached hydrogens (tertiary/aromatic N) is 3. The minimum Gasteiger partial charge on any atom is -0.341 e. The lowest BCUT2D eigenvalue weighted by Crippen LogP contribution is -2.40. The van der Waals surface area contributed by atoms with Crippen molar-refractivity contribution in [2.24, 2.45) is 5.92 Å². The zero-order valence-corrected chi connectivity index (χ0v) is 9.89. The molecule has 1 aliphatic heterocycles. The minimum atomic E-state index is 0.734. The van der Waals surface area contributed by atoms with Gasteiger partial charge in [0, 0.05) is 25.5 Å². The maximum atomic E-state index is 4.31. The molecule has 4 heteroatoms. The third kappa shape index (κ3) is 2.92. The van der Waals surface area contributed by atoms with Crippen molar-refractivity contribution in [1.29, 1.82) is 0 Å². The van der Waals surface area contributed by atoms with Crippen molar-refractivity contribution in [3.05, 3.63) is 18.5 Å². The highest BCUT2D eigenvalue weighted by Crippen LogP contribution is 2.19. The number of hydrogen-bond acceptors (Lipinski definition) is 4. The van der Waals surface area contributed by atoms with Crippen molar-refractivity contribution in [3.8, 4) is 0 Å². The van der Waals surface area contributed by atoms with Gasteiger partial charge < -0.3 is 10.2 Å². The van der Waals surface area contributed by atoms with Gasteiger partial charge in [-0.05, 0) is 37.9 Å². The first-order chi connectivity index (χ1) is 7.90. The van der Waals surface area contributed by atoms with Crippen molar-refractivity contribution in [2.45, 2.75) is 19.8 Å². The monoisotopic (exact) mass is 220 g/mol. The first kappa shape index (κ1) is 11.3. The van der Waals surface area contributed by atoms with E-state index in [2.05, 4.69) is 27.1 Å². The predicted octanol–water partition coefficient (Wildman–Crippen LogP) is 1.30. The van der Waals surface area contributed by atoms with E-state index in [4.69, 9.17) is 0 Å². The van der Waals surface area contributed by atoms with Crippen LogP contribution in [0.3, 0.4) is 0 Å². The topological polar surface area (TPSA) is 41.0 Å². The van der Waals surface area contributed by atoms with Gasteiger partial charge in [-0.3, -0.25) is 0 Å². The van der Waals surface area contributed by atoms with E-state index >= 15 is 0 Å². The van der Waals surface area contributed by atoms with E-state index in [0.29, 0.717) is 0 Å². The Morgan fingerprint density at radius 1 is 1.44 bits per heavy atom. The van der Waals surface area contributed by atoms with E-state index in [-0.39, 0.29) is 0 Å². The molecule has 0 amide bonds. The summed E-state index contributed by atoms with van der Waals surface area (Å²) in [6, 6.07) is 1.86. The van der Waals surface area contributed by atoms with Crippen molar-refractivity contribution < 1.29 is 0 Å². The summed E-state index contributed by atoms with van der Waals surface area (Å²) in [5, 5.41) is 3.42. The lowest BCUT2D eigenvalue weighted by Gasteiger charge is -2.32. The molecule has 0 spiro atoms. The molecule has 0 aliphatic carbocycles. The van der Waals surface area contributed by atoms with Crippen LogP contribution in [0.1, 0.15) is 19.8 Å². The third-order valence-corrected chi connectivity index (χ3v) is 3.04. The fourth-order valence-corrected chi connectivity index (χ4v) is 2.22. The van der Waals surface area contributed by atoms with E-state index in [0.717, 1.165) is 38.0 Å². The van der Waals surface area contributed by atoms with Crippen molar-refractivity contribution in [2.75, 3.05) is 31.1 Å². The van der Waals surface area contributed by atoms with Crippen LogP contribution in [-0.2, 0) is 0 Å². The van der Waals surface area contributed by atoms with Gasteiger partial charge in [0.1, 0.15) is 0 Å². The molecule has 0 bridgehead atoms. The van der Waals surface area contributed by atoms with Gasteiger partial charge in [0.25, 0.3) is 0 Å². The zero-order chi connectivity index (χ0) is 11.2. The van der Waals surface area contributed by atoms with Gasteiger partial charge >= 0.3 is 0 Å². The molecule has 16 heavy (non-hydrogen) atoms. The van der Waals surface area contributed by atoms with Crippen LogP contribution in [0.5, 0.6) is 0 Å². The maximum Gasteiger partial charge on any atom is 0.225 e. The number of rotatable bonds is 4. The highest BCUT2D eigenvalue weighted by Gasteiger charge is 2.20. The molecule has 1 aromatic rings. The maximum absolute atomic E-state index is 4.31. The second kappa shape index (κ2) is 5.80. The number of hydrogen-bond donors (Lipinski definition) is 1. The molecule has 1 N–H and O–H groups in total. The smallest absolute Gasteiger partial charge is 0.225 e. The molecule has 0 saturated carbocycles. The largest absolute Gasteiger partial charge is 0.341 e. The fourth-order valence-electron chi connectivity index (χ4n) is 2.22. The number of aromatic nitrogens is 2. The van der Waals surface area contributed by atoms with Crippen LogP contribution < -0.4 is 10.2 Å². The minimum absolute atomic E-state index is 0.734. The Morgan fingerprint density at radius 3 is 3.00 bits per heavy atom. The Balaban J connectivity index is 1.91. The van der Waals surface area contributed by atoms with E-state index in [1.165, 1.54) is 12.8 Å². The standard InChI is InChI=1S/C12H20N4/c1-2-13-9-11-5-3-8-16(10-11)12-14-6-4-7-15-12/h4,6-7,11,13H,2-3,5,8-10H2,1H3. The lowest BCUT2D eigenvalue weighted by molar-refractivity contribution is 0.392. The van der Waals surface area contributed by atoms with Crippen LogP contribution >= 0.6 is 0 Å². The summed E-state index contributed by atoms with van der Waals surface area (Å²) in [7, 11) is 0. The molecule has 1 aliphatic rings.